The molecule has 1 aliphatic carbocycles. The van der Waals surface area contributed by atoms with Crippen molar-refractivity contribution in [3.05, 3.63) is 59.0 Å². The molecule has 6 heteroatoms. The smallest absolute Gasteiger partial charge is 0.267 e. The summed E-state index contributed by atoms with van der Waals surface area (Å²) in [6.07, 6.45) is 8.57. The molecule has 2 fully saturated rings. The molecule has 0 aromatic heterocycles. The zero-order valence-corrected chi connectivity index (χ0v) is 21.1. The Hall–Kier alpha value is -2.73. The number of hydrogen-bond donors (Lipinski definition) is 0. The molecule has 34 heavy (non-hydrogen) atoms. The van der Waals surface area contributed by atoms with Gasteiger partial charge in [-0.2, -0.15) is 0 Å². The molecule has 2 aliphatic rings. The van der Waals surface area contributed by atoms with Crippen molar-refractivity contribution in [3.8, 4) is 11.5 Å². The van der Waals surface area contributed by atoms with Crippen molar-refractivity contribution < 1.29 is 14.3 Å². The number of amides is 1. The summed E-state index contributed by atoms with van der Waals surface area (Å²) < 4.78 is 11.4. The third-order valence-electron chi connectivity index (χ3n) is 6.46. The minimum atomic E-state index is 0.0423. The molecule has 2 atom stereocenters. The van der Waals surface area contributed by atoms with Crippen molar-refractivity contribution >= 4 is 34.6 Å². The maximum Gasteiger partial charge on any atom is 0.267 e. The molecule has 1 amide bonds. The van der Waals surface area contributed by atoms with Crippen LogP contribution >= 0.6 is 11.8 Å². The highest BCUT2D eigenvalue weighted by Gasteiger charge is 2.41. The van der Waals surface area contributed by atoms with Crippen LogP contribution in [0.5, 0.6) is 11.5 Å². The lowest BCUT2D eigenvalue weighted by Crippen LogP contribution is -2.44. The summed E-state index contributed by atoms with van der Waals surface area (Å²) in [6.45, 7) is 5.06. The van der Waals surface area contributed by atoms with E-state index in [2.05, 4.69) is 13.8 Å². The number of para-hydroxylation sites is 1. The van der Waals surface area contributed by atoms with Crippen molar-refractivity contribution in [2.45, 2.75) is 58.4 Å². The fourth-order valence-electron chi connectivity index (χ4n) is 4.52. The Balaban J connectivity index is 1.64. The van der Waals surface area contributed by atoms with E-state index in [1.807, 2.05) is 59.5 Å². The average Bonchev–Trinajstić information content (AvgIpc) is 3.15. The second-order valence-corrected chi connectivity index (χ2v) is 9.97. The summed E-state index contributed by atoms with van der Waals surface area (Å²) in [4.78, 5) is 21.2. The molecule has 4 rings (SSSR count). The molecule has 0 unspecified atom stereocenters. The largest absolute Gasteiger partial charge is 0.493 e. The standard InChI is InChI=1S/C28H34N2O3S/c1-4-5-17-33-24-16-15-21(18-25(24)32-3)19-26-27(31)30(23-14-10-9-11-20(23)2)28(34-26)29-22-12-7-6-8-13-22/h6-8,12-13,15-16,18-20,23H,4-5,9-11,14,17H2,1-3H3/b26-19-,29-28?/t20-,23-/m1/s1. The molecule has 1 aliphatic heterocycles. The van der Waals surface area contributed by atoms with E-state index in [-0.39, 0.29) is 11.9 Å². The molecule has 1 saturated carbocycles. The Morgan fingerprint density at radius 3 is 2.65 bits per heavy atom. The van der Waals surface area contributed by atoms with Crippen molar-refractivity contribution in [3.63, 3.8) is 0 Å². The number of amidine groups is 1. The molecule has 0 spiro atoms. The Labute approximate surface area is 207 Å². The van der Waals surface area contributed by atoms with E-state index in [1.165, 1.54) is 18.2 Å². The number of hydrogen-bond acceptors (Lipinski definition) is 5. The normalized spacial score (nSPS) is 23.0. The summed E-state index contributed by atoms with van der Waals surface area (Å²) in [5.74, 6) is 1.91. The first-order valence-corrected chi connectivity index (χ1v) is 13.1. The van der Waals surface area contributed by atoms with Gasteiger partial charge in [-0.25, -0.2) is 4.99 Å². The number of nitrogens with zero attached hydrogens (tertiary/aromatic N) is 2. The van der Waals surface area contributed by atoms with E-state index in [4.69, 9.17) is 14.5 Å². The molecule has 1 heterocycles. The molecule has 2 aromatic carbocycles. The van der Waals surface area contributed by atoms with E-state index in [1.54, 1.807) is 7.11 Å². The minimum absolute atomic E-state index is 0.0423. The maximum atomic E-state index is 13.7. The van der Waals surface area contributed by atoms with Gasteiger partial charge in [-0.05, 0) is 72.8 Å². The van der Waals surface area contributed by atoms with E-state index >= 15 is 0 Å². The van der Waals surface area contributed by atoms with Crippen LogP contribution < -0.4 is 9.47 Å². The highest BCUT2D eigenvalue weighted by molar-refractivity contribution is 8.18. The van der Waals surface area contributed by atoms with Gasteiger partial charge < -0.3 is 9.47 Å². The van der Waals surface area contributed by atoms with Crippen molar-refractivity contribution in [2.24, 2.45) is 10.9 Å². The van der Waals surface area contributed by atoms with Crippen LogP contribution in [-0.2, 0) is 4.79 Å². The summed E-state index contributed by atoms with van der Waals surface area (Å²) in [5, 5.41) is 0.771. The fourth-order valence-corrected chi connectivity index (χ4v) is 5.57. The molecular formula is C28H34N2O3S. The molecule has 0 bridgehead atoms. The first kappa shape index (κ1) is 24.4. The lowest BCUT2D eigenvalue weighted by molar-refractivity contribution is -0.124. The number of benzene rings is 2. The van der Waals surface area contributed by atoms with Crippen LogP contribution in [0.25, 0.3) is 6.08 Å². The minimum Gasteiger partial charge on any atom is -0.493 e. The molecule has 1 saturated heterocycles. The van der Waals surface area contributed by atoms with Gasteiger partial charge >= 0.3 is 0 Å². The first-order chi connectivity index (χ1) is 16.6. The van der Waals surface area contributed by atoms with Gasteiger partial charge in [-0.3, -0.25) is 9.69 Å². The topological polar surface area (TPSA) is 51.1 Å². The summed E-state index contributed by atoms with van der Waals surface area (Å²) in [6, 6.07) is 15.9. The van der Waals surface area contributed by atoms with Crippen molar-refractivity contribution in [1.29, 1.82) is 0 Å². The summed E-state index contributed by atoms with van der Waals surface area (Å²) >= 11 is 1.46. The zero-order valence-electron chi connectivity index (χ0n) is 20.3. The van der Waals surface area contributed by atoms with Gasteiger partial charge in [0, 0.05) is 6.04 Å². The number of methoxy groups -OCH3 is 1. The van der Waals surface area contributed by atoms with Gasteiger partial charge in [0.2, 0.25) is 0 Å². The molecule has 0 radical (unpaired) electrons. The third kappa shape index (κ3) is 5.66. The van der Waals surface area contributed by atoms with Crippen LogP contribution in [0.4, 0.5) is 5.69 Å². The van der Waals surface area contributed by atoms with Crippen LogP contribution in [0.3, 0.4) is 0 Å². The Morgan fingerprint density at radius 2 is 1.91 bits per heavy atom. The van der Waals surface area contributed by atoms with Gasteiger partial charge in [-0.1, -0.05) is 57.4 Å². The lowest BCUT2D eigenvalue weighted by Gasteiger charge is -2.35. The van der Waals surface area contributed by atoms with E-state index in [0.29, 0.717) is 23.2 Å². The van der Waals surface area contributed by atoms with Gasteiger partial charge in [-0.15, -0.1) is 0 Å². The SMILES string of the molecule is CCCCOc1ccc(/C=C2\SC(=Nc3ccccc3)N([C@@H]3CCCC[C@H]3C)C2=O)cc1OC. The van der Waals surface area contributed by atoms with Crippen LogP contribution in [0.15, 0.2) is 58.4 Å². The van der Waals surface area contributed by atoms with Gasteiger partial charge in [0.25, 0.3) is 5.91 Å². The monoisotopic (exact) mass is 478 g/mol. The maximum absolute atomic E-state index is 13.7. The predicted octanol–water partition coefficient (Wildman–Crippen LogP) is 7.06. The third-order valence-corrected chi connectivity index (χ3v) is 7.44. The molecule has 180 valence electrons. The lowest BCUT2D eigenvalue weighted by atomic mass is 9.85. The number of aliphatic imine (C=N–C) groups is 1. The number of ether oxygens (including phenoxy) is 2. The second-order valence-electron chi connectivity index (χ2n) is 8.96. The zero-order chi connectivity index (χ0) is 23.9. The van der Waals surface area contributed by atoms with Crippen molar-refractivity contribution in [2.75, 3.05) is 13.7 Å². The summed E-state index contributed by atoms with van der Waals surface area (Å²) in [5.41, 5.74) is 1.77. The highest BCUT2D eigenvalue weighted by Crippen LogP contribution is 2.40. The Kier molecular flexibility index (Phi) is 8.33. The van der Waals surface area contributed by atoms with Crippen LogP contribution in [0.2, 0.25) is 0 Å². The summed E-state index contributed by atoms with van der Waals surface area (Å²) in [7, 11) is 1.64. The Morgan fingerprint density at radius 1 is 1.12 bits per heavy atom. The van der Waals surface area contributed by atoms with Crippen LogP contribution in [-0.4, -0.2) is 35.7 Å². The average molecular weight is 479 g/mol. The van der Waals surface area contributed by atoms with E-state index < -0.39 is 0 Å². The molecule has 2 aromatic rings. The van der Waals surface area contributed by atoms with Gasteiger partial charge in [0.15, 0.2) is 16.7 Å². The molecule has 0 N–H and O–H groups in total. The van der Waals surface area contributed by atoms with Crippen LogP contribution in [0, 0.1) is 5.92 Å². The van der Waals surface area contributed by atoms with E-state index in [0.717, 1.165) is 54.3 Å². The number of unbranched alkanes of at least 4 members (excludes halogenated alkanes) is 1. The van der Waals surface area contributed by atoms with Crippen LogP contribution in [0.1, 0.15) is 57.9 Å². The number of rotatable bonds is 8. The number of thioether (sulfide) groups is 1. The van der Waals surface area contributed by atoms with Gasteiger partial charge in [0.1, 0.15) is 0 Å². The predicted molar refractivity (Wildman–Crippen MR) is 141 cm³/mol. The Bertz CT molecular complexity index is 1050. The highest BCUT2D eigenvalue weighted by atomic mass is 32.2. The second kappa shape index (κ2) is 11.6. The number of carbonyl (C=O) groups excluding carboxylic acids is 1. The molecular weight excluding hydrogens is 444 g/mol. The van der Waals surface area contributed by atoms with E-state index in [9.17, 15) is 4.79 Å². The van der Waals surface area contributed by atoms with Gasteiger partial charge in [0.05, 0.1) is 24.3 Å². The quantitative estimate of drug-likeness (QED) is 0.301. The fraction of sp³-hybridized carbons (Fsp3) is 0.429. The molecule has 5 nitrogen and oxygen atoms in total. The van der Waals surface area contributed by atoms with Crippen molar-refractivity contribution in [1.82, 2.24) is 4.90 Å². The first-order valence-electron chi connectivity index (χ1n) is 12.3. The number of carbonyl (C=O) groups is 1.